The van der Waals surface area contributed by atoms with Crippen molar-refractivity contribution in [3.8, 4) is 5.75 Å². The maximum absolute atomic E-state index is 11.5. The van der Waals surface area contributed by atoms with E-state index in [2.05, 4.69) is 20.9 Å². The minimum absolute atomic E-state index is 0.136. The van der Waals surface area contributed by atoms with Gasteiger partial charge >= 0.3 is 5.97 Å². The van der Waals surface area contributed by atoms with Crippen molar-refractivity contribution in [2.75, 3.05) is 6.61 Å². The van der Waals surface area contributed by atoms with Gasteiger partial charge in [-0.15, -0.1) is 0 Å². The molecule has 0 amide bonds. The molecule has 0 aliphatic heterocycles. The van der Waals surface area contributed by atoms with Crippen LogP contribution in [0.4, 0.5) is 0 Å². The summed E-state index contributed by atoms with van der Waals surface area (Å²) in [6.07, 6.45) is 1.56. The molecule has 0 saturated heterocycles. The van der Waals surface area contributed by atoms with Gasteiger partial charge < -0.3 is 9.47 Å². The Kier molecular flexibility index (Phi) is 5.38. The minimum Gasteiger partial charge on any atom is -0.482 e. The lowest BCUT2D eigenvalue weighted by atomic mass is 10.3. The molecule has 0 radical (unpaired) electrons. The van der Waals surface area contributed by atoms with Crippen LogP contribution in [-0.4, -0.2) is 17.6 Å². The first-order chi connectivity index (χ1) is 9.63. The third-order valence-electron chi connectivity index (χ3n) is 2.36. The molecule has 1 aromatic carbocycles. The van der Waals surface area contributed by atoms with Crippen LogP contribution in [-0.2, 0) is 16.1 Å². The Bertz CT molecular complexity index is 520. The summed E-state index contributed by atoms with van der Waals surface area (Å²) in [4.78, 5) is 15.4. The van der Waals surface area contributed by atoms with E-state index in [1.807, 2.05) is 12.1 Å². The summed E-state index contributed by atoms with van der Waals surface area (Å²) < 4.78 is 11.3. The van der Waals surface area contributed by atoms with Crippen LogP contribution in [0.3, 0.4) is 0 Å². The number of pyridine rings is 1. The lowest BCUT2D eigenvalue weighted by Crippen LogP contribution is -2.14. The standard InChI is InChI=1S/C14H11BrClNO3/c15-11-2-4-12(5-3-11)19-9-14(18)20-8-10-1-6-13(16)17-7-10/h1-7H,8-9H2. The summed E-state index contributed by atoms with van der Waals surface area (Å²) in [6.45, 7) is 0.00928. The summed E-state index contributed by atoms with van der Waals surface area (Å²) in [5.74, 6) is 0.168. The highest BCUT2D eigenvalue weighted by atomic mass is 79.9. The summed E-state index contributed by atoms with van der Waals surface area (Å²) in [5.41, 5.74) is 0.770. The SMILES string of the molecule is O=C(COc1ccc(Br)cc1)OCc1ccc(Cl)nc1. The third-order valence-corrected chi connectivity index (χ3v) is 3.11. The summed E-state index contributed by atoms with van der Waals surface area (Å²) >= 11 is 8.98. The Morgan fingerprint density at radius 3 is 2.60 bits per heavy atom. The molecule has 0 aliphatic carbocycles. The molecule has 0 N–H and O–H groups in total. The minimum atomic E-state index is -0.442. The van der Waals surface area contributed by atoms with Crippen molar-refractivity contribution >= 4 is 33.5 Å². The second kappa shape index (κ2) is 7.26. The molecule has 0 saturated carbocycles. The molecule has 0 fully saturated rings. The largest absolute Gasteiger partial charge is 0.482 e. The van der Waals surface area contributed by atoms with Gasteiger partial charge in [-0.05, 0) is 30.3 Å². The Morgan fingerprint density at radius 1 is 1.20 bits per heavy atom. The van der Waals surface area contributed by atoms with Crippen molar-refractivity contribution in [3.63, 3.8) is 0 Å². The molecular weight excluding hydrogens is 346 g/mol. The quantitative estimate of drug-likeness (QED) is 0.606. The normalized spacial score (nSPS) is 10.1. The van der Waals surface area contributed by atoms with E-state index in [-0.39, 0.29) is 13.2 Å². The predicted octanol–water partition coefficient (Wildman–Crippen LogP) is 3.62. The average molecular weight is 357 g/mol. The number of nitrogens with zero attached hydrogens (tertiary/aromatic N) is 1. The zero-order valence-corrected chi connectivity index (χ0v) is 12.7. The lowest BCUT2D eigenvalue weighted by molar-refractivity contribution is -0.147. The second-order valence-corrected chi connectivity index (χ2v) is 5.20. The van der Waals surface area contributed by atoms with Gasteiger partial charge in [0, 0.05) is 16.2 Å². The molecule has 1 heterocycles. The number of carbonyl (C=O) groups excluding carboxylic acids is 1. The van der Waals surface area contributed by atoms with Crippen molar-refractivity contribution in [1.82, 2.24) is 4.98 Å². The van der Waals surface area contributed by atoms with E-state index in [4.69, 9.17) is 21.1 Å². The van der Waals surface area contributed by atoms with Gasteiger partial charge in [0.2, 0.25) is 0 Å². The Balaban J connectivity index is 1.75. The van der Waals surface area contributed by atoms with Crippen LogP contribution < -0.4 is 4.74 Å². The molecule has 0 atom stereocenters. The number of esters is 1. The third kappa shape index (κ3) is 4.83. The molecule has 20 heavy (non-hydrogen) atoms. The van der Waals surface area contributed by atoms with Crippen molar-refractivity contribution in [2.24, 2.45) is 0 Å². The summed E-state index contributed by atoms with van der Waals surface area (Å²) in [5, 5.41) is 0.402. The van der Waals surface area contributed by atoms with Gasteiger partial charge in [-0.25, -0.2) is 9.78 Å². The number of rotatable bonds is 5. The monoisotopic (exact) mass is 355 g/mol. The van der Waals surface area contributed by atoms with E-state index in [9.17, 15) is 4.79 Å². The maximum atomic E-state index is 11.5. The van der Waals surface area contributed by atoms with Crippen LogP contribution in [0.5, 0.6) is 5.75 Å². The molecule has 6 heteroatoms. The lowest BCUT2D eigenvalue weighted by Gasteiger charge is -2.07. The van der Waals surface area contributed by atoms with E-state index >= 15 is 0 Å². The number of halogens is 2. The van der Waals surface area contributed by atoms with Gasteiger partial charge in [0.15, 0.2) is 6.61 Å². The molecule has 0 aliphatic rings. The van der Waals surface area contributed by atoms with Crippen molar-refractivity contribution < 1.29 is 14.3 Å². The van der Waals surface area contributed by atoms with Gasteiger partial charge in [-0.2, -0.15) is 0 Å². The summed E-state index contributed by atoms with van der Waals surface area (Å²) in [7, 11) is 0. The van der Waals surface area contributed by atoms with E-state index in [0.717, 1.165) is 10.0 Å². The number of carbonyl (C=O) groups is 1. The highest BCUT2D eigenvalue weighted by molar-refractivity contribution is 9.10. The predicted molar refractivity (Wildman–Crippen MR) is 78.7 cm³/mol. The van der Waals surface area contributed by atoms with E-state index < -0.39 is 5.97 Å². The van der Waals surface area contributed by atoms with E-state index in [1.54, 1.807) is 30.5 Å². The molecular formula is C14H11BrClNO3. The first-order valence-electron chi connectivity index (χ1n) is 5.78. The van der Waals surface area contributed by atoms with Crippen LogP contribution >= 0.6 is 27.5 Å². The fraction of sp³-hybridized carbons (Fsp3) is 0.143. The molecule has 0 unspecified atom stereocenters. The van der Waals surface area contributed by atoms with Gasteiger partial charge in [0.05, 0.1) is 0 Å². The molecule has 2 aromatic rings. The Hall–Kier alpha value is -1.59. The first-order valence-corrected chi connectivity index (χ1v) is 6.95. The van der Waals surface area contributed by atoms with Crippen LogP contribution in [0, 0.1) is 0 Å². The van der Waals surface area contributed by atoms with Crippen LogP contribution in [0.15, 0.2) is 47.1 Å². The number of aromatic nitrogens is 1. The van der Waals surface area contributed by atoms with Gasteiger partial charge in [0.1, 0.15) is 17.5 Å². The number of hydrogen-bond donors (Lipinski definition) is 0. The Morgan fingerprint density at radius 2 is 1.95 bits per heavy atom. The molecule has 4 nitrogen and oxygen atoms in total. The van der Waals surface area contributed by atoms with Crippen molar-refractivity contribution in [1.29, 1.82) is 0 Å². The molecule has 0 bridgehead atoms. The van der Waals surface area contributed by atoms with Gasteiger partial charge in [0.25, 0.3) is 0 Å². The molecule has 0 spiro atoms. The van der Waals surface area contributed by atoms with Crippen LogP contribution in [0.1, 0.15) is 5.56 Å². The van der Waals surface area contributed by atoms with Gasteiger partial charge in [-0.3, -0.25) is 0 Å². The molecule has 104 valence electrons. The van der Waals surface area contributed by atoms with E-state index in [0.29, 0.717) is 10.9 Å². The zero-order chi connectivity index (χ0) is 14.4. The van der Waals surface area contributed by atoms with Crippen LogP contribution in [0.2, 0.25) is 5.15 Å². The first kappa shape index (κ1) is 14.8. The highest BCUT2D eigenvalue weighted by Gasteiger charge is 2.05. The maximum Gasteiger partial charge on any atom is 0.344 e. The zero-order valence-electron chi connectivity index (χ0n) is 10.4. The second-order valence-electron chi connectivity index (χ2n) is 3.89. The fourth-order valence-corrected chi connectivity index (χ4v) is 1.75. The number of hydrogen-bond acceptors (Lipinski definition) is 4. The molecule has 2 rings (SSSR count). The topological polar surface area (TPSA) is 48.4 Å². The van der Waals surface area contributed by atoms with Crippen molar-refractivity contribution in [3.05, 3.63) is 57.8 Å². The number of benzene rings is 1. The smallest absolute Gasteiger partial charge is 0.344 e. The molecule has 1 aromatic heterocycles. The van der Waals surface area contributed by atoms with Crippen molar-refractivity contribution in [2.45, 2.75) is 6.61 Å². The average Bonchev–Trinajstić information content (AvgIpc) is 2.46. The summed E-state index contributed by atoms with van der Waals surface area (Å²) in [6, 6.07) is 10.6. The van der Waals surface area contributed by atoms with E-state index in [1.165, 1.54) is 0 Å². The van der Waals surface area contributed by atoms with Crippen LogP contribution in [0.25, 0.3) is 0 Å². The fourth-order valence-electron chi connectivity index (χ4n) is 1.37. The highest BCUT2D eigenvalue weighted by Crippen LogP contribution is 2.16. The Labute approximate surface area is 129 Å². The number of ether oxygens (including phenoxy) is 2. The van der Waals surface area contributed by atoms with Gasteiger partial charge in [-0.1, -0.05) is 33.6 Å².